The number of aryl methyl sites for hydroxylation is 2. The maximum absolute atomic E-state index is 13.3. The van der Waals surface area contributed by atoms with Crippen LogP contribution in [0, 0.1) is 19.8 Å². The lowest BCUT2D eigenvalue weighted by atomic mass is 10.1. The van der Waals surface area contributed by atoms with Gasteiger partial charge in [-0.1, -0.05) is 34.0 Å². The minimum absolute atomic E-state index is 0.0194. The summed E-state index contributed by atoms with van der Waals surface area (Å²) in [5.41, 5.74) is 2.45. The van der Waals surface area contributed by atoms with Gasteiger partial charge in [0.1, 0.15) is 11.3 Å². The van der Waals surface area contributed by atoms with Crippen LogP contribution in [0.4, 0.5) is 0 Å². The van der Waals surface area contributed by atoms with E-state index in [0.29, 0.717) is 67.5 Å². The second-order valence-corrected chi connectivity index (χ2v) is 9.91. The molecule has 2 saturated heterocycles. The van der Waals surface area contributed by atoms with Gasteiger partial charge in [-0.25, -0.2) is 0 Å². The molecule has 10 nitrogen and oxygen atoms in total. The number of carbonyl (C=O) groups excluding carboxylic acids is 2. The minimum Gasteiger partial charge on any atom is -0.361 e. The molecule has 2 aromatic heterocycles. The largest absolute Gasteiger partial charge is 0.361 e. The summed E-state index contributed by atoms with van der Waals surface area (Å²) in [7, 11) is 0. The molecule has 36 heavy (non-hydrogen) atoms. The Bertz CT molecular complexity index is 1220. The molecule has 2 fully saturated rings. The predicted octanol–water partition coefficient (Wildman–Crippen LogP) is 3.08. The Morgan fingerprint density at radius 1 is 1.06 bits per heavy atom. The van der Waals surface area contributed by atoms with E-state index in [-0.39, 0.29) is 24.2 Å². The molecule has 3 aromatic rings. The zero-order chi connectivity index (χ0) is 25.2. The Morgan fingerprint density at radius 2 is 1.86 bits per heavy atom. The fourth-order valence-corrected chi connectivity index (χ4v) is 5.04. The Morgan fingerprint density at radius 3 is 2.61 bits per heavy atom. The van der Waals surface area contributed by atoms with Crippen molar-refractivity contribution < 1.29 is 18.6 Å². The number of halogens is 1. The quantitative estimate of drug-likeness (QED) is 0.495. The van der Waals surface area contributed by atoms with Crippen molar-refractivity contribution >= 4 is 23.4 Å². The second kappa shape index (κ2) is 10.4. The van der Waals surface area contributed by atoms with Gasteiger partial charge >= 0.3 is 0 Å². The molecule has 0 spiro atoms. The van der Waals surface area contributed by atoms with Crippen LogP contribution in [-0.4, -0.2) is 74.5 Å². The number of benzene rings is 1. The van der Waals surface area contributed by atoms with Crippen LogP contribution in [-0.2, 0) is 22.7 Å². The summed E-state index contributed by atoms with van der Waals surface area (Å²) in [4.78, 5) is 36.3. The van der Waals surface area contributed by atoms with Crippen LogP contribution in [0.5, 0.6) is 0 Å². The van der Waals surface area contributed by atoms with Crippen LogP contribution in [0.3, 0.4) is 0 Å². The van der Waals surface area contributed by atoms with Gasteiger partial charge < -0.3 is 18.8 Å². The maximum atomic E-state index is 13.3. The molecule has 11 heteroatoms. The highest BCUT2D eigenvalue weighted by atomic mass is 35.5. The summed E-state index contributed by atoms with van der Waals surface area (Å²) in [6, 6.07) is 7.45. The van der Waals surface area contributed by atoms with Gasteiger partial charge in [-0.15, -0.1) is 0 Å². The molecule has 2 aliphatic rings. The number of aromatic nitrogens is 3. The number of rotatable bonds is 6. The molecular weight excluding hydrogens is 484 g/mol. The van der Waals surface area contributed by atoms with Crippen molar-refractivity contribution in [2.45, 2.75) is 39.8 Å². The van der Waals surface area contributed by atoms with Crippen LogP contribution in [0.1, 0.15) is 35.7 Å². The third kappa shape index (κ3) is 5.29. The summed E-state index contributed by atoms with van der Waals surface area (Å²) in [5.74, 6) is 1.41. The van der Waals surface area contributed by atoms with E-state index in [9.17, 15) is 9.59 Å². The van der Waals surface area contributed by atoms with Gasteiger partial charge in [-0.2, -0.15) is 4.98 Å². The molecule has 0 saturated carbocycles. The molecule has 1 aromatic carbocycles. The standard InChI is InChI=1S/C25H29ClN6O4/c1-16-23(17(2)35-28-16)24-27-21(29-36-24)15-30-8-3-9-31(11-10-30)25(34)19-12-22(33)32(14-19)13-18-4-6-20(26)7-5-18/h4-7,19H,3,8-15H2,1-2H3. The molecule has 1 unspecified atom stereocenters. The average molecular weight is 513 g/mol. The molecule has 4 heterocycles. The van der Waals surface area contributed by atoms with E-state index in [0.717, 1.165) is 24.1 Å². The number of carbonyl (C=O) groups is 2. The predicted molar refractivity (Wildman–Crippen MR) is 131 cm³/mol. The lowest BCUT2D eigenvalue weighted by Crippen LogP contribution is -2.39. The van der Waals surface area contributed by atoms with Crippen molar-refractivity contribution in [1.29, 1.82) is 0 Å². The lowest BCUT2D eigenvalue weighted by Gasteiger charge is -2.24. The van der Waals surface area contributed by atoms with Gasteiger partial charge in [-0.05, 0) is 38.0 Å². The Hall–Kier alpha value is -3.24. The number of nitrogens with zero attached hydrogens (tertiary/aromatic N) is 6. The topological polar surface area (TPSA) is 109 Å². The third-order valence-corrected chi connectivity index (χ3v) is 7.08. The molecular formula is C25H29ClN6O4. The summed E-state index contributed by atoms with van der Waals surface area (Å²) in [6.07, 6.45) is 1.11. The number of hydrogen-bond acceptors (Lipinski definition) is 8. The summed E-state index contributed by atoms with van der Waals surface area (Å²) >= 11 is 5.96. The van der Waals surface area contributed by atoms with Crippen LogP contribution in [0.25, 0.3) is 11.5 Å². The average Bonchev–Trinajstić information content (AvgIpc) is 3.50. The first-order chi connectivity index (χ1) is 17.4. The zero-order valence-electron chi connectivity index (χ0n) is 20.4. The van der Waals surface area contributed by atoms with Gasteiger partial charge in [0.05, 0.1) is 18.2 Å². The SMILES string of the molecule is Cc1noc(C)c1-c1nc(CN2CCCN(C(=O)C3CC(=O)N(Cc4ccc(Cl)cc4)C3)CC2)no1. The van der Waals surface area contributed by atoms with Gasteiger partial charge in [0.2, 0.25) is 11.8 Å². The first-order valence-electron chi connectivity index (χ1n) is 12.2. The lowest BCUT2D eigenvalue weighted by molar-refractivity contribution is -0.135. The summed E-state index contributed by atoms with van der Waals surface area (Å²) in [5, 5.41) is 8.73. The monoisotopic (exact) mass is 512 g/mol. The molecule has 1 atom stereocenters. The molecule has 0 radical (unpaired) electrons. The second-order valence-electron chi connectivity index (χ2n) is 9.47. The van der Waals surface area contributed by atoms with Crippen LogP contribution >= 0.6 is 11.6 Å². The zero-order valence-corrected chi connectivity index (χ0v) is 21.2. The molecule has 5 rings (SSSR count). The Kier molecular flexibility index (Phi) is 7.06. The smallest absolute Gasteiger partial charge is 0.263 e. The van der Waals surface area contributed by atoms with Crippen LogP contribution in [0.2, 0.25) is 5.02 Å². The van der Waals surface area contributed by atoms with Crippen molar-refractivity contribution in [3.63, 3.8) is 0 Å². The fourth-order valence-electron chi connectivity index (χ4n) is 4.92. The molecule has 0 N–H and O–H groups in total. The fraction of sp³-hybridized carbons (Fsp3) is 0.480. The van der Waals surface area contributed by atoms with Crippen molar-refractivity contribution in [3.8, 4) is 11.5 Å². The Balaban J connectivity index is 1.15. The third-order valence-electron chi connectivity index (χ3n) is 6.83. The molecule has 0 bridgehead atoms. The minimum atomic E-state index is -0.300. The van der Waals surface area contributed by atoms with Crippen LogP contribution < -0.4 is 0 Å². The van der Waals surface area contributed by atoms with E-state index in [4.69, 9.17) is 20.6 Å². The first kappa shape index (κ1) is 24.5. The van der Waals surface area contributed by atoms with Crippen molar-refractivity contribution in [3.05, 3.63) is 52.1 Å². The highest BCUT2D eigenvalue weighted by Crippen LogP contribution is 2.26. The summed E-state index contributed by atoms with van der Waals surface area (Å²) < 4.78 is 10.6. The number of hydrogen-bond donors (Lipinski definition) is 0. The summed E-state index contributed by atoms with van der Waals surface area (Å²) in [6.45, 7) is 7.94. The van der Waals surface area contributed by atoms with Crippen LogP contribution in [0.15, 0.2) is 33.3 Å². The van der Waals surface area contributed by atoms with Gasteiger partial charge in [0.25, 0.3) is 5.89 Å². The first-order valence-corrected chi connectivity index (χ1v) is 12.5. The van der Waals surface area contributed by atoms with E-state index in [1.165, 1.54) is 0 Å². The molecule has 190 valence electrons. The van der Waals surface area contributed by atoms with E-state index >= 15 is 0 Å². The van der Waals surface area contributed by atoms with Crippen molar-refractivity contribution in [2.24, 2.45) is 5.92 Å². The highest BCUT2D eigenvalue weighted by molar-refractivity contribution is 6.30. The van der Waals surface area contributed by atoms with E-state index in [1.54, 1.807) is 4.90 Å². The Labute approximate surface area is 214 Å². The number of amides is 2. The normalized spacial score (nSPS) is 19.2. The molecule has 2 amide bonds. The van der Waals surface area contributed by atoms with E-state index < -0.39 is 0 Å². The molecule has 2 aliphatic heterocycles. The van der Waals surface area contributed by atoms with Gasteiger partial charge in [0.15, 0.2) is 5.82 Å². The van der Waals surface area contributed by atoms with Gasteiger partial charge in [-0.3, -0.25) is 14.5 Å². The van der Waals surface area contributed by atoms with E-state index in [1.807, 2.05) is 43.0 Å². The van der Waals surface area contributed by atoms with Crippen molar-refractivity contribution in [2.75, 3.05) is 32.7 Å². The van der Waals surface area contributed by atoms with Crippen molar-refractivity contribution in [1.82, 2.24) is 30.0 Å². The van der Waals surface area contributed by atoms with E-state index in [2.05, 4.69) is 20.2 Å². The maximum Gasteiger partial charge on any atom is 0.263 e. The molecule has 0 aliphatic carbocycles. The van der Waals surface area contributed by atoms with Gasteiger partial charge in [0, 0.05) is 50.7 Å². The highest BCUT2D eigenvalue weighted by Gasteiger charge is 2.37. The number of likely N-dealkylation sites (tertiary alicyclic amines) is 1.